The minimum atomic E-state index is -3.46. The lowest BCUT2D eigenvalue weighted by Gasteiger charge is -2.28. The molecular weight excluding hydrogens is 593 g/mol. The van der Waals surface area contributed by atoms with Gasteiger partial charge in [0.2, 0.25) is 10.0 Å². The SMILES string of the molecule is CS(=O)(=O)N[C@H]1CC[C@](Cc2cc(-c3cccc(F)c3OCc3ccccc3)c(F)cc2F)(c2nc(CCl)cs2)C1. The van der Waals surface area contributed by atoms with E-state index < -0.39 is 32.9 Å². The van der Waals surface area contributed by atoms with Crippen molar-refractivity contribution in [3.05, 3.63) is 105 Å². The number of hydrogen-bond acceptors (Lipinski definition) is 5. The van der Waals surface area contributed by atoms with Gasteiger partial charge in [0, 0.05) is 34.0 Å². The summed E-state index contributed by atoms with van der Waals surface area (Å²) in [6.07, 6.45) is 2.68. The summed E-state index contributed by atoms with van der Waals surface area (Å²) in [7, 11) is -3.46. The Morgan fingerprint density at radius 1 is 1.05 bits per heavy atom. The van der Waals surface area contributed by atoms with Crippen LogP contribution in [0.5, 0.6) is 5.75 Å². The molecule has 1 aliphatic carbocycles. The fraction of sp³-hybridized carbons (Fsp3) is 0.300. The molecule has 1 heterocycles. The predicted molar refractivity (Wildman–Crippen MR) is 155 cm³/mol. The fourth-order valence-corrected chi connectivity index (χ4v) is 7.57. The molecule has 1 aliphatic rings. The second kappa shape index (κ2) is 12.1. The molecule has 3 aromatic carbocycles. The van der Waals surface area contributed by atoms with E-state index in [-0.39, 0.29) is 47.4 Å². The van der Waals surface area contributed by atoms with Crippen LogP contribution in [-0.4, -0.2) is 25.7 Å². The van der Waals surface area contributed by atoms with Crippen LogP contribution in [-0.2, 0) is 34.3 Å². The highest BCUT2D eigenvalue weighted by Gasteiger charge is 2.44. The summed E-state index contributed by atoms with van der Waals surface area (Å²) in [5, 5.41) is 2.55. The summed E-state index contributed by atoms with van der Waals surface area (Å²) in [6.45, 7) is 0.0647. The molecule has 5 rings (SSSR count). The van der Waals surface area contributed by atoms with Crippen LogP contribution in [0.3, 0.4) is 0 Å². The lowest BCUT2D eigenvalue weighted by molar-refractivity contribution is 0.291. The van der Waals surface area contributed by atoms with Crippen LogP contribution in [0.1, 0.15) is 41.1 Å². The van der Waals surface area contributed by atoms with Crippen molar-refractivity contribution in [2.75, 3.05) is 6.26 Å². The zero-order chi connectivity index (χ0) is 29.2. The van der Waals surface area contributed by atoms with Crippen LogP contribution in [0, 0.1) is 17.5 Å². The highest BCUT2D eigenvalue weighted by Crippen LogP contribution is 2.46. The molecule has 0 bridgehead atoms. The van der Waals surface area contributed by atoms with E-state index in [0.717, 1.165) is 17.9 Å². The highest BCUT2D eigenvalue weighted by atomic mass is 35.5. The molecule has 216 valence electrons. The van der Waals surface area contributed by atoms with Crippen molar-refractivity contribution in [1.29, 1.82) is 0 Å². The number of thiazole rings is 1. The number of ether oxygens (including phenoxy) is 1. The van der Waals surface area contributed by atoms with Gasteiger partial charge >= 0.3 is 0 Å². The van der Waals surface area contributed by atoms with E-state index in [1.807, 2.05) is 35.7 Å². The molecule has 1 aromatic heterocycles. The third-order valence-corrected chi connectivity index (χ3v) is 9.45. The Bertz CT molecular complexity index is 1650. The third kappa shape index (κ3) is 6.77. The number of rotatable bonds is 10. The van der Waals surface area contributed by atoms with E-state index in [1.165, 1.54) is 35.6 Å². The maximum absolute atomic E-state index is 15.4. The standard InChI is InChI=1S/C30H28ClF3N2O3S2/c1-41(37,38)36-21-10-11-30(15-21,29-35-22(16-31)18-40-29)14-20-12-24(27(34)13-26(20)33)23-8-5-9-25(32)28(23)39-17-19-6-3-2-4-7-19/h2-9,12-13,18,21,36H,10-11,14-17H2,1H3/t21-,30+/m0/s1. The van der Waals surface area contributed by atoms with Crippen LogP contribution in [0.15, 0.2) is 66.0 Å². The number of nitrogens with zero attached hydrogens (tertiary/aromatic N) is 1. The minimum Gasteiger partial charge on any atom is -0.485 e. The molecule has 2 atom stereocenters. The molecule has 0 unspecified atom stereocenters. The Hall–Kier alpha value is -2.92. The summed E-state index contributed by atoms with van der Waals surface area (Å²) in [5.41, 5.74) is 1.15. The molecular formula is C30H28ClF3N2O3S2. The second-order valence-corrected chi connectivity index (χ2v) is 13.3. The van der Waals surface area contributed by atoms with Gasteiger partial charge in [0.15, 0.2) is 11.6 Å². The van der Waals surface area contributed by atoms with Crippen LogP contribution < -0.4 is 9.46 Å². The molecule has 1 saturated carbocycles. The molecule has 1 fully saturated rings. The van der Waals surface area contributed by atoms with Crippen molar-refractivity contribution in [1.82, 2.24) is 9.71 Å². The Balaban J connectivity index is 1.52. The molecule has 0 saturated heterocycles. The molecule has 11 heteroatoms. The highest BCUT2D eigenvalue weighted by molar-refractivity contribution is 7.88. The van der Waals surface area contributed by atoms with Crippen molar-refractivity contribution in [3.8, 4) is 16.9 Å². The zero-order valence-electron chi connectivity index (χ0n) is 22.2. The third-order valence-electron chi connectivity index (χ3n) is 7.28. The number of nitrogens with one attached hydrogen (secondary N) is 1. The van der Waals surface area contributed by atoms with Gasteiger partial charge in [-0.15, -0.1) is 22.9 Å². The van der Waals surface area contributed by atoms with Gasteiger partial charge in [-0.25, -0.2) is 31.3 Å². The number of alkyl halides is 1. The maximum atomic E-state index is 15.4. The molecule has 1 N–H and O–H groups in total. The summed E-state index contributed by atoms with van der Waals surface area (Å²) in [6, 6.07) is 15.2. The first-order chi connectivity index (χ1) is 19.6. The van der Waals surface area contributed by atoms with Crippen molar-refractivity contribution in [3.63, 3.8) is 0 Å². The van der Waals surface area contributed by atoms with Crippen LogP contribution >= 0.6 is 22.9 Å². The average Bonchev–Trinajstić information content (AvgIpc) is 3.57. The molecule has 0 amide bonds. The van der Waals surface area contributed by atoms with E-state index in [1.54, 1.807) is 0 Å². The Morgan fingerprint density at radius 2 is 1.83 bits per heavy atom. The normalized spacial score (nSPS) is 19.0. The monoisotopic (exact) mass is 620 g/mol. The van der Waals surface area contributed by atoms with E-state index >= 15 is 8.78 Å². The number of aromatic nitrogens is 1. The molecule has 41 heavy (non-hydrogen) atoms. The summed E-state index contributed by atoms with van der Waals surface area (Å²) >= 11 is 7.39. The first-order valence-corrected chi connectivity index (χ1v) is 16.3. The average molecular weight is 621 g/mol. The van der Waals surface area contributed by atoms with Crippen LogP contribution in [0.4, 0.5) is 13.2 Å². The largest absolute Gasteiger partial charge is 0.485 e. The number of sulfonamides is 1. The van der Waals surface area contributed by atoms with Gasteiger partial charge < -0.3 is 4.74 Å². The first kappa shape index (κ1) is 29.6. The van der Waals surface area contributed by atoms with Crippen molar-refractivity contribution < 1.29 is 26.3 Å². The lowest BCUT2D eigenvalue weighted by atomic mass is 9.79. The number of hydrogen-bond donors (Lipinski definition) is 1. The molecule has 0 radical (unpaired) electrons. The summed E-state index contributed by atoms with van der Waals surface area (Å²) < 4.78 is 78.0. The minimum absolute atomic E-state index is 0.00325. The van der Waals surface area contributed by atoms with E-state index in [4.69, 9.17) is 16.3 Å². The lowest BCUT2D eigenvalue weighted by Crippen LogP contribution is -2.35. The van der Waals surface area contributed by atoms with E-state index in [9.17, 15) is 12.8 Å². The quantitative estimate of drug-likeness (QED) is 0.192. The molecule has 4 aromatic rings. The van der Waals surface area contributed by atoms with Crippen molar-refractivity contribution in [2.45, 2.75) is 49.6 Å². The zero-order valence-corrected chi connectivity index (χ0v) is 24.6. The summed E-state index contributed by atoms with van der Waals surface area (Å²) in [4.78, 5) is 4.66. The van der Waals surface area contributed by atoms with Crippen LogP contribution in [0.2, 0.25) is 0 Å². The van der Waals surface area contributed by atoms with Crippen molar-refractivity contribution in [2.24, 2.45) is 0 Å². The van der Waals surface area contributed by atoms with Gasteiger partial charge in [0.05, 0.1) is 22.8 Å². The van der Waals surface area contributed by atoms with Gasteiger partial charge in [-0.05, 0) is 48.9 Å². The molecule has 0 spiro atoms. The Morgan fingerprint density at radius 3 is 2.54 bits per heavy atom. The van der Waals surface area contributed by atoms with Crippen molar-refractivity contribution >= 4 is 33.0 Å². The number of para-hydroxylation sites is 1. The van der Waals surface area contributed by atoms with E-state index in [2.05, 4.69) is 9.71 Å². The second-order valence-electron chi connectivity index (χ2n) is 10.4. The molecule has 0 aliphatic heterocycles. The Labute approximate surface area is 246 Å². The van der Waals surface area contributed by atoms with Gasteiger partial charge in [-0.3, -0.25) is 0 Å². The summed E-state index contributed by atoms with van der Waals surface area (Å²) in [5.74, 6) is -2.19. The van der Waals surface area contributed by atoms with Gasteiger partial charge in [-0.1, -0.05) is 42.5 Å². The maximum Gasteiger partial charge on any atom is 0.208 e. The fourth-order valence-electron chi connectivity index (χ4n) is 5.47. The number of benzene rings is 3. The smallest absolute Gasteiger partial charge is 0.208 e. The van der Waals surface area contributed by atoms with Crippen LogP contribution in [0.25, 0.3) is 11.1 Å². The topological polar surface area (TPSA) is 68.3 Å². The van der Waals surface area contributed by atoms with Gasteiger partial charge in [-0.2, -0.15) is 0 Å². The predicted octanol–water partition coefficient (Wildman–Crippen LogP) is 7.13. The molecule has 5 nitrogen and oxygen atoms in total. The van der Waals surface area contributed by atoms with E-state index in [0.29, 0.717) is 30.0 Å². The van der Waals surface area contributed by atoms with Gasteiger partial charge in [0.1, 0.15) is 18.2 Å². The number of halogens is 4. The first-order valence-electron chi connectivity index (χ1n) is 13.0. The van der Waals surface area contributed by atoms with Gasteiger partial charge in [0.25, 0.3) is 0 Å². The Kier molecular flexibility index (Phi) is 8.75.